The van der Waals surface area contributed by atoms with Crippen LogP contribution in [0, 0.1) is 13.8 Å². The number of benzene rings is 2. The number of aryl methyl sites for hydroxylation is 2. The van der Waals surface area contributed by atoms with Crippen molar-refractivity contribution in [3.05, 3.63) is 65.2 Å². The zero-order valence-electron chi connectivity index (χ0n) is 10.7. The second-order valence-corrected chi connectivity index (χ2v) is 4.58. The number of carbonyl (C=O) groups excluding carboxylic acids is 1. The van der Waals surface area contributed by atoms with Crippen molar-refractivity contribution in [1.82, 2.24) is 0 Å². The summed E-state index contributed by atoms with van der Waals surface area (Å²) in [6, 6.07) is 15.8. The summed E-state index contributed by atoms with van der Waals surface area (Å²) >= 11 is 0. The van der Waals surface area contributed by atoms with E-state index in [0.29, 0.717) is 6.42 Å². The summed E-state index contributed by atoms with van der Waals surface area (Å²) in [4.78, 5) is 11.9. The van der Waals surface area contributed by atoms with Gasteiger partial charge in [0.2, 0.25) is 5.91 Å². The summed E-state index contributed by atoms with van der Waals surface area (Å²) in [6.07, 6.45) is 0.412. The maximum atomic E-state index is 11.9. The van der Waals surface area contributed by atoms with Gasteiger partial charge in [-0.05, 0) is 37.1 Å². The van der Waals surface area contributed by atoms with Gasteiger partial charge in [-0.3, -0.25) is 4.79 Å². The topological polar surface area (TPSA) is 29.1 Å². The lowest BCUT2D eigenvalue weighted by atomic mass is 10.1. The molecule has 2 aromatic rings. The lowest BCUT2D eigenvalue weighted by Crippen LogP contribution is -2.14. The number of anilines is 1. The fourth-order valence-corrected chi connectivity index (χ4v) is 1.94. The number of amides is 1. The van der Waals surface area contributed by atoms with Crippen LogP contribution in [0.4, 0.5) is 5.69 Å². The van der Waals surface area contributed by atoms with Crippen LogP contribution < -0.4 is 5.32 Å². The molecule has 18 heavy (non-hydrogen) atoms. The molecular formula is C16H17NO. The largest absolute Gasteiger partial charge is 0.326 e. The third-order valence-electron chi connectivity index (χ3n) is 2.75. The van der Waals surface area contributed by atoms with E-state index in [4.69, 9.17) is 0 Å². The first kappa shape index (κ1) is 12.4. The van der Waals surface area contributed by atoms with Crippen molar-refractivity contribution in [2.45, 2.75) is 20.3 Å². The number of carbonyl (C=O) groups is 1. The van der Waals surface area contributed by atoms with E-state index < -0.39 is 0 Å². The van der Waals surface area contributed by atoms with Crippen LogP contribution >= 0.6 is 0 Å². The molecule has 0 radical (unpaired) electrons. The molecule has 2 rings (SSSR count). The second kappa shape index (κ2) is 5.50. The van der Waals surface area contributed by atoms with E-state index in [9.17, 15) is 4.79 Å². The standard InChI is InChI=1S/C16H17NO/c1-12-5-3-7-14(9-12)11-16(18)17-15-8-4-6-13(2)10-15/h3-10H,11H2,1-2H3,(H,17,18). The van der Waals surface area contributed by atoms with Crippen molar-refractivity contribution >= 4 is 11.6 Å². The number of hydrogen-bond donors (Lipinski definition) is 1. The Hall–Kier alpha value is -2.09. The Balaban J connectivity index is 2.01. The summed E-state index contributed by atoms with van der Waals surface area (Å²) in [7, 11) is 0. The van der Waals surface area contributed by atoms with Crippen molar-refractivity contribution < 1.29 is 4.79 Å². The first-order valence-corrected chi connectivity index (χ1v) is 6.05. The fraction of sp³-hybridized carbons (Fsp3) is 0.188. The average molecular weight is 239 g/mol. The van der Waals surface area contributed by atoms with E-state index in [0.717, 1.165) is 16.8 Å². The molecule has 0 aliphatic rings. The molecule has 0 atom stereocenters. The predicted octanol–water partition coefficient (Wildman–Crippen LogP) is 3.48. The van der Waals surface area contributed by atoms with Crippen LogP contribution in [0.15, 0.2) is 48.5 Å². The fourth-order valence-electron chi connectivity index (χ4n) is 1.94. The molecule has 0 bridgehead atoms. The van der Waals surface area contributed by atoms with Crippen LogP contribution in [0.2, 0.25) is 0 Å². The second-order valence-electron chi connectivity index (χ2n) is 4.58. The van der Waals surface area contributed by atoms with Crippen LogP contribution in [-0.4, -0.2) is 5.91 Å². The third-order valence-corrected chi connectivity index (χ3v) is 2.75. The SMILES string of the molecule is Cc1cccc(CC(=O)Nc2cccc(C)c2)c1. The Kier molecular flexibility index (Phi) is 3.78. The smallest absolute Gasteiger partial charge is 0.228 e. The summed E-state index contributed by atoms with van der Waals surface area (Å²) in [5.74, 6) is 0.0196. The zero-order valence-corrected chi connectivity index (χ0v) is 10.7. The van der Waals surface area contributed by atoms with E-state index >= 15 is 0 Å². The van der Waals surface area contributed by atoms with E-state index in [1.807, 2.05) is 62.4 Å². The number of hydrogen-bond acceptors (Lipinski definition) is 1. The van der Waals surface area contributed by atoms with Gasteiger partial charge in [-0.25, -0.2) is 0 Å². The predicted molar refractivity (Wildman–Crippen MR) is 74.7 cm³/mol. The molecule has 0 aromatic heterocycles. The normalized spacial score (nSPS) is 10.1. The molecule has 0 fully saturated rings. The summed E-state index contributed by atoms with van der Waals surface area (Å²) < 4.78 is 0. The third kappa shape index (κ3) is 3.45. The molecule has 1 N–H and O–H groups in total. The molecule has 0 aliphatic carbocycles. The Bertz CT molecular complexity index is 511. The number of nitrogens with one attached hydrogen (secondary N) is 1. The maximum absolute atomic E-state index is 11.9. The van der Waals surface area contributed by atoms with Crippen LogP contribution in [-0.2, 0) is 11.2 Å². The maximum Gasteiger partial charge on any atom is 0.228 e. The van der Waals surface area contributed by atoms with E-state index in [1.165, 1.54) is 5.56 Å². The Morgan fingerprint density at radius 1 is 1.00 bits per heavy atom. The first-order valence-electron chi connectivity index (χ1n) is 6.05. The van der Waals surface area contributed by atoms with Gasteiger partial charge < -0.3 is 5.32 Å². The molecule has 0 aliphatic heterocycles. The van der Waals surface area contributed by atoms with Crippen molar-refractivity contribution in [3.63, 3.8) is 0 Å². The van der Waals surface area contributed by atoms with Crippen molar-refractivity contribution in [3.8, 4) is 0 Å². The monoisotopic (exact) mass is 239 g/mol. The lowest BCUT2D eigenvalue weighted by molar-refractivity contribution is -0.115. The molecule has 0 saturated heterocycles. The van der Waals surface area contributed by atoms with Gasteiger partial charge in [0, 0.05) is 5.69 Å². The summed E-state index contributed by atoms with van der Waals surface area (Å²) in [5.41, 5.74) is 4.21. The van der Waals surface area contributed by atoms with E-state index in [1.54, 1.807) is 0 Å². The van der Waals surface area contributed by atoms with Gasteiger partial charge >= 0.3 is 0 Å². The highest BCUT2D eigenvalue weighted by Gasteiger charge is 2.04. The molecule has 0 spiro atoms. The first-order chi connectivity index (χ1) is 8.63. The van der Waals surface area contributed by atoms with Crippen molar-refractivity contribution in [1.29, 1.82) is 0 Å². The van der Waals surface area contributed by atoms with Gasteiger partial charge in [0.25, 0.3) is 0 Å². The highest BCUT2D eigenvalue weighted by molar-refractivity contribution is 5.92. The van der Waals surface area contributed by atoms with Crippen molar-refractivity contribution in [2.24, 2.45) is 0 Å². The molecule has 0 unspecified atom stereocenters. The number of rotatable bonds is 3. The van der Waals surface area contributed by atoms with Crippen LogP contribution in [0.5, 0.6) is 0 Å². The average Bonchev–Trinajstić information content (AvgIpc) is 2.28. The van der Waals surface area contributed by atoms with Gasteiger partial charge in [-0.15, -0.1) is 0 Å². The van der Waals surface area contributed by atoms with Crippen LogP contribution in [0.25, 0.3) is 0 Å². The minimum absolute atomic E-state index is 0.0196. The minimum Gasteiger partial charge on any atom is -0.326 e. The molecule has 2 aromatic carbocycles. The molecule has 1 amide bonds. The summed E-state index contributed by atoms with van der Waals surface area (Å²) in [6.45, 7) is 4.04. The molecule has 0 heterocycles. The molecule has 2 nitrogen and oxygen atoms in total. The highest BCUT2D eigenvalue weighted by atomic mass is 16.1. The molecular weight excluding hydrogens is 222 g/mol. The quantitative estimate of drug-likeness (QED) is 0.872. The lowest BCUT2D eigenvalue weighted by Gasteiger charge is -2.06. The van der Waals surface area contributed by atoms with E-state index in [2.05, 4.69) is 5.32 Å². The Morgan fingerprint density at radius 3 is 2.33 bits per heavy atom. The zero-order chi connectivity index (χ0) is 13.0. The van der Waals surface area contributed by atoms with Gasteiger partial charge in [0.1, 0.15) is 0 Å². The Morgan fingerprint density at radius 2 is 1.67 bits per heavy atom. The summed E-state index contributed by atoms with van der Waals surface area (Å²) in [5, 5.41) is 2.91. The molecule has 2 heteroatoms. The molecule has 92 valence electrons. The van der Waals surface area contributed by atoms with Gasteiger partial charge in [0.05, 0.1) is 6.42 Å². The van der Waals surface area contributed by atoms with Gasteiger partial charge in [0.15, 0.2) is 0 Å². The van der Waals surface area contributed by atoms with Gasteiger partial charge in [-0.2, -0.15) is 0 Å². The van der Waals surface area contributed by atoms with E-state index in [-0.39, 0.29) is 5.91 Å². The van der Waals surface area contributed by atoms with Crippen LogP contribution in [0.1, 0.15) is 16.7 Å². The van der Waals surface area contributed by atoms with Crippen molar-refractivity contribution in [2.75, 3.05) is 5.32 Å². The Labute approximate surface area is 108 Å². The molecule has 0 saturated carbocycles. The van der Waals surface area contributed by atoms with Gasteiger partial charge in [-0.1, -0.05) is 42.0 Å². The van der Waals surface area contributed by atoms with Crippen LogP contribution in [0.3, 0.4) is 0 Å². The highest BCUT2D eigenvalue weighted by Crippen LogP contribution is 2.11. The minimum atomic E-state index is 0.0196.